The maximum absolute atomic E-state index is 12.7. The second-order valence-electron chi connectivity index (χ2n) is 7.70. The summed E-state index contributed by atoms with van der Waals surface area (Å²) in [6.07, 6.45) is 3.03. The summed E-state index contributed by atoms with van der Waals surface area (Å²) >= 11 is 0. The van der Waals surface area contributed by atoms with E-state index in [1.54, 1.807) is 0 Å². The third-order valence-corrected chi connectivity index (χ3v) is 5.51. The summed E-state index contributed by atoms with van der Waals surface area (Å²) in [6.45, 7) is 12.6. The van der Waals surface area contributed by atoms with E-state index in [9.17, 15) is 4.79 Å². The quantitative estimate of drug-likeness (QED) is 0.535. The molecule has 1 amide bonds. The van der Waals surface area contributed by atoms with Crippen molar-refractivity contribution in [2.24, 2.45) is 16.8 Å². The lowest BCUT2D eigenvalue weighted by atomic mass is 9.95. The van der Waals surface area contributed by atoms with Crippen molar-refractivity contribution in [2.45, 2.75) is 46.1 Å². The topological polar surface area (TPSA) is 66.4 Å². The van der Waals surface area contributed by atoms with Crippen molar-refractivity contribution in [2.75, 3.05) is 59.6 Å². The average Bonchev–Trinajstić information content (AvgIpc) is 2.70. The molecule has 7 heteroatoms. The summed E-state index contributed by atoms with van der Waals surface area (Å²) in [5.41, 5.74) is 0. The van der Waals surface area contributed by atoms with Crippen LogP contribution >= 0.6 is 0 Å². The number of nitrogens with one attached hydrogen (secondary N) is 1. The number of amides is 1. The van der Waals surface area contributed by atoms with E-state index in [0.29, 0.717) is 25.0 Å². The van der Waals surface area contributed by atoms with Crippen LogP contribution in [0.2, 0.25) is 0 Å². The Morgan fingerprint density at radius 1 is 1.19 bits per heavy atom. The van der Waals surface area contributed by atoms with Crippen LogP contribution in [0, 0.1) is 11.8 Å². The van der Waals surface area contributed by atoms with E-state index in [-0.39, 0.29) is 12.0 Å². The maximum atomic E-state index is 12.7. The van der Waals surface area contributed by atoms with E-state index in [4.69, 9.17) is 9.47 Å². The van der Waals surface area contributed by atoms with Gasteiger partial charge >= 0.3 is 0 Å². The molecule has 0 aromatic heterocycles. The molecule has 2 heterocycles. The highest BCUT2D eigenvalue weighted by Gasteiger charge is 2.30. The summed E-state index contributed by atoms with van der Waals surface area (Å²) in [5.74, 6) is 1.89. The first kappa shape index (κ1) is 22.0. The van der Waals surface area contributed by atoms with Crippen LogP contribution in [-0.2, 0) is 14.3 Å². The first-order chi connectivity index (χ1) is 13.1. The summed E-state index contributed by atoms with van der Waals surface area (Å²) < 4.78 is 11.2. The van der Waals surface area contributed by atoms with Crippen LogP contribution in [0.15, 0.2) is 4.99 Å². The SMILES string of the molecule is CCOC(CCNC(=NC)N1CCC(C(=O)N2CCOCC2)CC1)C(C)C. The number of rotatable bonds is 7. The Morgan fingerprint density at radius 2 is 1.85 bits per heavy atom. The fourth-order valence-electron chi connectivity index (χ4n) is 3.86. The predicted molar refractivity (Wildman–Crippen MR) is 108 cm³/mol. The summed E-state index contributed by atoms with van der Waals surface area (Å²) in [5, 5.41) is 3.47. The zero-order chi connectivity index (χ0) is 19.6. The Labute approximate surface area is 164 Å². The van der Waals surface area contributed by atoms with E-state index >= 15 is 0 Å². The smallest absolute Gasteiger partial charge is 0.225 e. The Hall–Kier alpha value is -1.34. The van der Waals surface area contributed by atoms with Crippen LogP contribution in [0.1, 0.15) is 40.0 Å². The molecule has 2 aliphatic rings. The van der Waals surface area contributed by atoms with Crippen molar-refractivity contribution in [3.63, 3.8) is 0 Å². The fraction of sp³-hybridized carbons (Fsp3) is 0.900. The minimum absolute atomic E-state index is 0.140. The van der Waals surface area contributed by atoms with E-state index in [0.717, 1.165) is 64.6 Å². The lowest BCUT2D eigenvalue weighted by Gasteiger charge is -2.36. The Bertz CT molecular complexity index is 470. The van der Waals surface area contributed by atoms with Gasteiger partial charge in [-0.25, -0.2) is 0 Å². The van der Waals surface area contributed by atoms with Gasteiger partial charge in [0.1, 0.15) is 0 Å². The number of likely N-dealkylation sites (tertiary alicyclic amines) is 1. The molecule has 7 nitrogen and oxygen atoms in total. The molecule has 1 atom stereocenters. The van der Waals surface area contributed by atoms with Crippen molar-refractivity contribution in [3.05, 3.63) is 0 Å². The molecule has 0 aliphatic carbocycles. The monoisotopic (exact) mass is 382 g/mol. The maximum Gasteiger partial charge on any atom is 0.225 e. The molecule has 0 radical (unpaired) electrons. The Balaban J connectivity index is 1.75. The van der Waals surface area contributed by atoms with Crippen LogP contribution in [0.4, 0.5) is 0 Å². The summed E-state index contributed by atoms with van der Waals surface area (Å²) in [6, 6.07) is 0. The van der Waals surface area contributed by atoms with Crippen LogP contribution in [0.3, 0.4) is 0 Å². The predicted octanol–water partition coefficient (Wildman–Crippen LogP) is 1.58. The van der Waals surface area contributed by atoms with Gasteiger partial charge in [0, 0.05) is 52.3 Å². The number of guanidine groups is 1. The summed E-state index contributed by atoms with van der Waals surface area (Å²) in [7, 11) is 1.83. The molecule has 0 bridgehead atoms. The lowest BCUT2D eigenvalue weighted by molar-refractivity contribution is -0.140. The van der Waals surface area contributed by atoms with Gasteiger partial charge in [-0.05, 0) is 32.1 Å². The Morgan fingerprint density at radius 3 is 2.41 bits per heavy atom. The van der Waals surface area contributed by atoms with Crippen LogP contribution < -0.4 is 5.32 Å². The second kappa shape index (κ2) is 11.5. The number of hydrogen-bond acceptors (Lipinski definition) is 4. The number of aliphatic imine (C=N–C) groups is 1. The molecule has 27 heavy (non-hydrogen) atoms. The van der Waals surface area contributed by atoms with Gasteiger partial charge in [0.2, 0.25) is 5.91 Å². The normalized spacial score (nSPS) is 20.9. The van der Waals surface area contributed by atoms with Gasteiger partial charge in [-0.2, -0.15) is 0 Å². The first-order valence-electron chi connectivity index (χ1n) is 10.5. The molecule has 2 fully saturated rings. The average molecular weight is 383 g/mol. The van der Waals surface area contributed by atoms with E-state index in [1.165, 1.54) is 0 Å². The number of carbonyl (C=O) groups is 1. The van der Waals surface area contributed by atoms with E-state index in [1.807, 2.05) is 18.9 Å². The third-order valence-electron chi connectivity index (χ3n) is 5.51. The molecule has 0 aromatic carbocycles. The number of hydrogen-bond donors (Lipinski definition) is 1. The molecule has 2 saturated heterocycles. The number of ether oxygens (including phenoxy) is 2. The van der Waals surface area contributed by atoms with Crippen molar-refractivity contribution in [3.8, 4) is 0 Å². The number of piperidine rings is 1. The van der Waals surface area contributed by atoms with Gasteiger partial charge in [-0.15, -0.1) is 0 Å². The minimum atomic E-state index is 0.140. The lowest BCUT2D eigenvalue weighted by Crippen LogP contribution is -2.50. The van der Waals surface area contributed by atoms with Crippen molar-refractivity contribution in [1.29, 1.82) is 0 Å². The first-order valence-corrected chi connectivity index (χ1v) is 10.5. The zero-order valence-electron chi connectivity index (χ0n) is 17.6. The van der Waals surface area contributed by atoms with Gasteiger partial charge in [-0.3, -0.25) is 9.79 Å². The minimum Gasteiger partial charge on any atom is -0.378 e. The van der Waals surface area contributed by atoms with Crippen LogP contribution in [0.5, 0.6) is 0 Å². The zero-order valence-corrected chi connectivity index (χ0v) is 17.6. The highest BCUT2D eigenvalue weighted by atomic mass is 16.5. The highest BCUT2D eigenvalue weighted by Crippen LogP contribution is 2.20. The number of carbonyl (C=O) groups excluding carboxylic acids is 1. The molecule has 0 saturated carbocycles. The van der Waals surface area contributed by atoms with Crippen LogP contribution in [-0.4, -0.2) is 87.4 Å². The molecule has 1 N–H and O–H groups in total. The van der Waals surface area contributed by atoms with E-state index in [2.05, 4.69) is 29.1 Å². The van der Waals surface area contributed by atoms with Gasteiger partial charge < -0.3 is 24.6 Å². The standard InChI is InChI=1S/C20H38N4O3/c1-5-27-18(16(2)3)6-9-22-20(21-4)24-10-7-17(8-11-24)19(25)23-12-14-26-15-13-23/h16-18H,5-15H2,1-4H3,(H,21,22). The van der Waals surface area contributed by atoms with Crippen LogP contribution in [0.25, 0.3) is 0 Å². The molecule has 156 valence electrons. The van der Waals surface area contributed by atoms with Gasteiger partial charge in [-0.1, -0.05) is 13.8 Å². The van der Waals surface area contributed by atoms with Gasteiger partial charge in [0.15, 0.2) is 5.96 Å². The largest absolute Gasteiger partial charge is 0.378 e. The van der Waals surface area contributed by atoms with Crippen molar-refractivity contribution < 1.29 is 14.3 Å². The van der Waals surface area contributed by atoms with E-state index < -0.39 is 0 Å². The molecule has 2 rings (SSSR count). The van der Waals surface area contributed by atoms with Gasteiger partial charge in [0.05, 0.1) is 19.3 Å². The van der Waals surface area contributed by atoms with Gasteiger partial charge in [0.25, 0.3) is 0 Å². The number of morpholine rings is 1. The second-order valence-corrected chi connectivity index (χ2v) is 7.70. The molecule has 1 unspecified atom stereocenters. The highest BCUT2D eigenvalue weighted by molar-refractivity contribution is 5.81. The molecule has 0 aromatic rings. The molecular formula is C20H38N4O3. The molecule has 0 spiro atoms. The Kier molecular flexibility index (Phi) is 9.34. The summed E-state index contributed by atoms with van der Waals surface area (Å²) in [4.78, 5) is 21.3. The molecule has 2 aliphatic heterocycles. The third kappa shape index (κ3) is 6.64. The van der Waals surface area contributed by atoms with Crippen molar-refractivity contribution >= 4 is 11.9 Å². The molecular weight excluding hydrogens is 344 g/mol. The number of nitrogens with zero attached hydrogens (tertiary/aromatic N) is 3. The van der Waals surface area contributed by atoms with Crippen molar-refractivity contribution in [1.82, 2.24) is 15.1 Å². The fourth-order valence-corrected chi connectivity index (χ4v) is 3.86.